The summed E-state index contributed by atoms with van der Waals surface area (Å²) in [6, 6.07) is 0. The zero-order valence-electron chi connectivity index (χ0n) is 8.17. The molecule has 0 rings (SSSR count). The minimum atomic E-state index is -4.57. The van der Waals surface area contributed by atoms with Crippen LogP contribution in [-0.2, 0) is 24.4 Å². The minimum absolute atomic E-state index is 0.437. The van der Waals surface area contributed by atoms with Crippen LogP contribution in [-0.4, -0.2) is 30.0 Å². The Hall–Kier alpha value is -1.67. The van der Waals surface area contributed by atoms with Crippen molar-refractivity contribution in [1.29, 1.82) is 0 Å². The van der Waals surface area contributed by atoms with Crippen LogP contribution in [0.4, 0.5) is 0 Å². The summed E-state index contributed by atoms with van der Waals surface area (Å²) in [5.41, 5.74) is 0. The van der Waals surface area contributed by atoms with Crippen molar-refractivity contribution in [2.24, 2.45) is 0 Å². The molecule has 0 aromatic heterocycles. The zero-order valence-corrected chi connectivity index (χ0v) is 8.99. The molecule has 8 heteroatoms. The van der Waals surface area contributed by atoms with Gasteiger partial charge in [-0.05, 0) is 0 Å². The Bertz CT molecular complexity index is 431. The number of hydrogen-bond donors (Lipinski definition) is 2. The average molecular weight is 250 g/mol. The molecule has 16 heavy (non-hydrogen) atoms. The number of carboxylic acid groups (broad SMARTS) is 1. The summed E-state index contributed by atoms with van der Waals surface area (Å²) >= 11 is 0. The summed E-state index contributed by atoms with van der Waals surface area (Å²) in [5, 5.41) is 8.25. The molecule has 0 amide bonds. The molecule has 0 aliphatic rings. The fourth-order valence-corrected chi connectivity index (χ4v) is 0.928. The molecule has 90 valence electrons. The van der Waals surface area contributed by atoms with Crippen molar-refractivity contribution in [2.45, 2.75) is 12.8 Å². The topological polar surface area (TPSA) is 118 Å². The van der Waals surface area contributed by atoms with Crippen LogP contribution in [0.2, 0.25) is 0 Å². The number of aliphatic carboxylic acids is 1. The van der Waals surface area contributed by atoms with Gasteiger partial charge in [-0.15, -0.1) is 0 Å². The van der Waals surface area contributed by atoms with Gasteiger partial charge in [-0.2, -0.15) is 8.42 Å². The molecule has 7 nitrogen and oxygen atoms in total. The van der Waals surface area contributed by atoms with Crippen molar-refractivity contribution in [3.63, 3.8) is 0 Å². The van der Waals surface area contributed by atoms with Gasteiger partial charge < -0.3 is 9.84 Å². The molecule has 0 saturated carbocycles. The van der Waals surface area contributed by atoms with E-state index in [4.69, 9.17) is 9.66 Å². The summed E-state index contributed by atoms with van der Waals surface area (Å²) in [7, 11) is -4.57. The maximum atomic E-state index is 10.9. The Kier molecular flexibility index (Phi) is 4.86. The van der Waals surface area contributed by atoms with Gasteiger partial charge in [0.25, 0.3) is 10.1 Å². The number of ether oxygens (including phenoxy) is 1. The van der Waals surface area contributed by atoms with Crippen molar-refractivity contribution >= 4 is 22.1 Å². The predicted octanol–water partition coefficient (Wildman–Crippen LogP) is 0.310. The van der Waals surface area contributed by atoms with Gasteiger partial charge in [0.15, 0.2) is 0 Å². The second-order valence-electron chi connectivity index (χ2n) is 2.69. The molecule has 2 N–H and O–H groups in total. The normalized spacial score (nSPS) is 10.6. The lowest BCUT2D eigenvalue weighted by molar-refractivity contribution is -0.144. The quantitative estimate of drug-likeness (QED) is 0.301. The SMILES string of the molecule is C=C(OC(=O)CCC(=O)O)C(=C)S(=O)(=O)O. The maximum Gasteiger partial charge on any atom is 0.311 e. The van der Waals surface area contributed by atoms with Crippen LogP contribution in [0.15, 0.2) is 23.8 Å². The highest BCUT2D eigenvalue weighted by molar-refractivity contribution is 7.90. The first kappa shape index (κ1) is 14.3. The van der Waals surface area contributed by atoms with Crippen molar-refractivity contribution in [2.75, 3.05) is 0 Å². The molecule has 0 aromatic rings. The lowest BCUT2D eigenvalue weighted by atomic mass is 10.3. The monoisotopic (exact) mass is 250 g/mol. The van der Waals surface area contributed by atoms with E-state index in [9.17, 15) is 18.0 Å². The highest BCUT2D eigenvalue weighted by atomic mass is 32.2. The molecule has 0 aliphatic carbocycles. The van der Waals surface area contributed by atoms with E-state index < -0.39 is 45.6 Å². The van der Waals surface area contributed by atoms with Crippen LogP contribution >= 0.6 is 0 Å². The lowest BCUT2D eigenvalue weighted by Crippen LogP contribution is -2.11. The fourth-order valence-electron chi connectivity index (χ4n) is 0.598. The summed E-state index contributed by atoms with van der Waals surface area (Å²) in [5.74, 6) is -2.81. The Morgan fingerprint density at radius 3 is 2.06 bits per heavy atom. The number of carboxylic acids is 1. The predicted molar refractivity (Wildman–Crippen MR) is 52.8 cm³/mol. The van der Waals surface area contributed by atoms with Crippen molar-refractivity contribution in [1.82, 2.24) is 0 Å². The van der Waals surface area contributed by atoms with E-state index in [1.54, 1.807) is 0 Å². The van der Waals surface area contributed by atoms with E-state index >= 15 is 0 Å². The van der Waals surface area contributed by atoms with Gasteiger partial charge in [-0.25, -0.2) is 0 Å². The molecule has 0 bridgehead atoms. The molecule has 0 aliphatic heterocycles. The maximum absolute atomic E-state index is 10.9. The van der Waals surface area contributed by atoms with Crippen molar-refractivity contribution < 1.29 is 32.4 Å². The summed E-state index contributed by atoms with van der Waals surface area (Å²) in [6.07, 6.45) is -0.891. The molecule has 0 aromatic carbocycles. The summed E-state index contributed by atoms with van der Waals surface area (Å²) in [4.78, 5) is 20.2. The first-order valence-corrected chi connectivity index (χ1v) is 5.36. The van der Waals surface area contributed by atoms with Gasteiger partial charge in [-0.1, -0.05) is 13.2 Å². The third-order valence-corrected chi connectivity index (χ3v) is 2.25. The molecule has 0 atom stereocenters. The van der Waals surface area contributed by atoms with Crippen molar-refractivity contribution in [3.8, 4) is 0 Å². The highest BCUT2D eigenvalue weighted by Gasteiger charge is 2.18. The number of rotatable bonds is 6. The van der Waals surface area contributed by atoms with Crippen LogP contribution in [0, 0.1) is 0 Å². The number of carbonyl (C=O) groups excluding carboxylic acids is 1. The van der Waals surface area contributed by atoms with E-state index in [0.717, 1.165) is 0 Å². The smallest absolute Gasteiger partial charge is 0.311 e. The average Bonchev–Trinajstić information content (AvgIpc) is 2.11. The largest absolute Gasteiger partial charge is 0.481 e. The molecular formula is C8H10O7S. The van der Waals surface area contributed by atoms with Gasteiger partial charge in [-0.3, -0.25) is 14.1 Å². The minimum Gasteiger partial charge on any atom is -0.481 e. The van der Waals surface area contributed by atoms with Crippen molar-refractivity contribution in [3.05, 3.63) is 23.8 Å². The second kappa shape index (κ2) is 5.42. The standard InChI is InChI=1S/C8H10O7S/c1-5(6(2)16(12,13)14)15-8(11)4-3-7(9)10/h1-4H2,(H,9,10)(H,12,13,14). The van der Waals surface area contributed by atoms with Crippen LogP contribution in [0.1, 0.15) is 12.8 Å². The number of carbonyl (C=O) groups is 2. The van der Waals surface area contributed by atoms with Gasteiger partial charge in [0.05, 0.1) is 12.8 Å². The Morgan fingerprint density at radius 2 is 1.69 bits per heavy atom. The van der Waals surface area contributed by atoms with E-state index in [0.29, 0.717) is 0 Å². The van der Waals surface area contributed by atoms with Crippen LogP contribution < -0.4 is 0 Å². The Labute approximate surface area is 91.8 Å². The Morgan fingerprint density at radius 1 is 1.19 bits per heavy atom. The summed E-state index contributed by atoms with van der Waals surface area (Å²) < 4.78 is 33.9. The first-order valence-electron chi connectivity index (χ1n) is 3.92. The molecule has 0 heterocycles. The van der Waals surface area contributed by atoms with Gasteiger partial charge >= 0.3 is 11.9 Å². The van der Waals surface area contributed by atoms with E-state index in [2.05, 4.69) is 17.9 Å². The van der Waals surface area contributed by atoms with Crippen LogP contribution in [0.3, 0.4) is 0 Å². The number of esters is 1. The first-order chi connectivity index (χ1) is 7.14. The summed E-state index contributed by atoms with van der Waals surface area (Å²) in [6.45, 7) is 6.00. The molecule has 0 unspecified atom stereocenters. The Balaban J connectivity index is 4.32. The molecule has 0 saturated heterocycles. The van der Waals surface area contributed by atoms with Gasteiger partial charge in [0.2, 0.25) is 0 Å². The third-order valence-electron chi connectivity index (χ3n) is 1.40. The van der Waals surface area contributed by atoms with E-state index in [1.807, 2.05) is 0 Å². The zero-order chi connectivity index (χ0) is 12.9. The van der Waals surface area contributed by atoms with E-state index in [1.165, 1.54) is 0 Å². The molecule has 0 radical (unpaired) electrons. The molecule has 0 fully saturated rings. The fraction of sp³-hybridized carbons (Fsp3) is 0.250. The van der Waals surface area contributed by atoms with Gasteiger partial charge in [0, 0.05) is 0 Å². The second-order valence-corrected chi connectivity index (χ2v) is 4.13. The van der Waals surface area contributed by atoms with Gasteiger partial charge in [0.1, 0.15) is 10.7 Å². The third kappa shape index (κ3) is 5.27. The van der Waals surface area contributed by atoms with Crippen LogP contribution in [0.25, 0.3) is 0 Å². The highest BCUT2D eigenvalue weighted by Crippen LogP contribution is 2.14. The lowest BCUT2D eigenvalue weighted by Gasteiger charge is -2.06. The molecule has 0 spiro atoms. The number of hydrogen-bond acceptors (Lipinski definition) is 5. The molecular weight excluding hydrogens is 240 g/mol. The van der Waals surface area contributed by atoms with Crippen LogP contribution in [0.5, 0.6) is 0 Å². The van der Waals surface area contributed by atoms with E-state index in [-0.39, 0.29) is 0 Å².